The molecule has 0 saturated heterocycles. The molecule has 0 unspecified atom stereocenters. The highest BCUT2D eigenvalue weighted by Crippen LogP contribution is 2.19. The van der Waals surface area contributed by atoms with Gasteiger partial charge < -0.3 is 4.74 Å². The number of rotatable bonds is 3. The molecule has 0 saturated carbocycles. The van der Waals surface area contributed by atoms with E-state index in [0.717, 1.165) is 15.2 Å². The van der Waals surface area contributed by atoms with Gasteiger partial charge in [-0.05, 0) is 28.7 Å². The molecule has 0 spiro atoms. The van der Waals surface area contributed by atoms with Gasteiger partial charge >= 0.3 is 0 Å². The number of halogens is 1. The zero-order valence-corrected chi connectivity index (χ0v) is 12.5. The Morgan fingerprint density at radius 1 is 1.47 bits per heavy atom. The third-order valence-electron chi connectivity index (χ3n) is 2.05. The van der Waals surface area contributed by atoms with Crippen molar-refractivity contribution < 1.29 is 9.53 Å². The van der Waals surface area contributed by atoms with Gasteiger partial charge in [0.25, 0.3) is 0 Å². The summed E-state index contributed by atoms with van der Waals surface area (Å²) in [6.07, 6.45) is 0.793. The summed E-state index contributed by atoms with van der Waals surface area (Å²) in [5.41, 5.74) is 0.542. The van der Waals surface area contributed by atoms with E-state index in [9.17, 15) is 4.79 Å². The predicted molar refractivity (Wildman–Crippen MR) is 71.9 cm³/mol. The van der Waals surface area contributed by atoms with E-state index in [0.29, 0.717) is 11.4 Å². The number of carbonyl (C=O) groups excluding carboxylic acids is 1. The molecule has 1 rings (SSSR count). The SMILES string of the molecule is COc1nc([Si](C)(C)C)cc(I)c1C=O. The number of ether oxygens (including phenoxy) is 1. The molecule has 1 aromatic heterocycles. The number of pyridine rings is 1. The zero-order valence-electron chi connectivity index (χ0n) is 9.30. The average molecular weight is 335 g/mol. The van der Waals surface area contributed by atoms with E-state index < -0.39 is 8.07 Å². The van der Waals surface area contributed by atoms with Crippen LogP contribution < -0.4 is 10.1 Å². The van der Waals surface area contributed by atoms with Crippen molar-refractivity contribution in [1.82, 2.24) is 4.98 Å². The van der Waals surface area contributed by atoms with E-state index in [-0.39, 0.29) is 0 Å². The lowest BCUT2D eigenvalue weighted by atomic mass is 10.3. The van der Waals surface area contributed by atoms with Gasteiger partial charge in [-0.3, -0.25) is 4.79 Å². The number of nitrogens with zero attached hydrogens (tertiary/aromatic N) is 1. The fraction of sp³-hybridized carbons (Fsp3) is 0.400. The Bertz CT molecular complexity index is 388. The third-order valence-corrected chi connectivity index (χ3v) is 4.74. The minimum absolute atomic E-state index is 0.439. The summed E-state index contributed by atoms with van der Waals surface area (Å²) >= 11 is 2.15. The topological polar surface area (TPSA) is 39.2 Å². The standard InChI is InChI=1S/C10H14INO2Si/c1-14-10-7(6-13)8(11)5-9(12-10)15(2,3)4/h5-6H,1-4H3. The van der Waals surface area contributed by atoms with Crippen molar-refractivity contribution in [2.45, 2.75) is 19.6 Å². The molecule has 0 aliphatic heterocycles. The van der Waals surface area contributed by atoms with Crippen LogP contribution in [0.3, 0.4) is 0 Å². The van der Waals surface area contributed by atoms with Crippen molar-refractivity contribution in [1.29, 1.82) is 0 Å². The first-order valence-electron chi connectivity index (χ1n) is 4.60. The largest absolute Gasteiger partial charge is 0.480 e. The van der Waals surface area contributed by atoms with Crippen LogP contribution in [0.4, 0.5) is 0 Å². The summed E-state index contributed by atoms with van der Waals surface area (Å²) in [5, 5.41) is 1.06. The van der Waals surface area contributed by atoms with Crippen molar-refractivity contribution >= 4 is 42.3 Å². The minimum Gasteiger partial charge on any atom is -0.480 e. The van der Waals surface area contributed by atoms with Crippen LogP contribution >= 0.6 is 22.6 Å². The minimum atomic E-state index is -1.46. The second kappa shape index (κ2) is 4.61. The highest BCUT2D eigenvalue weighted by Gasteiger charge is 2.21. The summed E-state index contributed by atoms with van der Waals surface area (Å²) < 4.78 is 6.04. The molecule has 0 atom stereocenters. The number of hydrogen-bond acceptors (Lipinski definition) is 3. The lowest BCUT2D eigenvalue weighted by molar-refractivity contribution is 0.111. The molecule has 0 aliphatic rings. The van der Waals surface area contributed by atoms with Crippen LogP contribution in [0.5, 0.6) is 5.88 Å². The van der Waals surface area contributed by atoms with Crippen LogP contribution in [-0.4, -0.2) is 26.5 Å². The molecule has 0 fully saturated rings. The van der Waals surface area contributed by atoms with E-state index in [1.165, 1.54) is 0 Å². The second-order valence-corrected chi connectivity index (χ2v) is 10.5. The molecule has 0 aromatic carbocycles. The van der Waals surface area contributed by atoms with Crippen LogP contribution in [0.2, 0.25) is 19.6 Å². The molecule has 82 valence electrons. The average Bonchev–Trinajstić information content (AvgIpc) is 2.15. The monoisotopic (exact) mass is 335 g/mol. The molecule has 0 aliphatic carbocycles. The molecule has 15 heavy (non-hydrogen) atoms. The van der Waals surface area contributed by atoms with Crippen LogP contribution in [-0.2, 0) is 0 Å². The van der Waals surface area contributed by atoms with Crippen LogP contribution in [0.15, 0.2) is 6.07 Å². The summed E-state index contributed by atoms with van der Waals surface area (Å²) in [7, 11) is 0.0812. The number of aromatic nitrogens is 1. The normalized spacial score (nSPS) is 11.3. The Labute approximate surface area is 104 Å². The molecule has 3 nitrogen and oxygen atoms in total. The van der Waals surface area contributed by atoms with Gasteiger partial charge in [0.2, 0.25) is 5.88 Å². The second-order valence-electron chi connectivity index (χ2n) is 4.28. The molecule has 0 amide bonds. The zero-order chi connectivity index (χ0) is 11.6. The first-order chi connectivity index (χ1) is 6.90. The molecule has 0 bridgehead atoms. The highest BCUT2D eigenvalue weighted by atomic mass is 127. The molecule has 5 heteroatoms. The molecule has 1 heterocycles. The van der Waals surface area contributed by atoms with E-state index in [2.05, 4.69) is 47.2 Å². The van der Waals surface area contributed by atoms with Gasteiger partial charge in [-0.2, -0.15) is 0 Å². The molecule has 0 radical (unpaired) electrons. The smallest absolute Gasteiger partial charge is 0.224 e. The van der Waals surface area contributed by atoms with Gasteiger partial charge in [-0.15, -0.1) is 0 Å². The van der Waals surface area contributed by atoms with Gasteiger partial charge in [0, 0.05) is 8.89 Å². The van der Waals surface area contributed by atoms with Gasteiger partial charge in [-0.25, -0.2) is 4.98 Å². The fourth-order valence-electron chi connectivity index (χ4n) is 1.15. The van der Waals surface area contributed by atoms with Crippen molar-refractivity contribution in [3.05, 3.63) is 15.2 Å². The van der Waals surface area contributed by atoms with Gasteiger partial charge in [0.1, 0.15) is 8.07 Å². The Morgan fingerprint density at radius 3 is 2.47 bits per heavy atom. The van der Waals surface area contributed by atoms with Gasteiger partial charge in [0.05, 0.1) is 12.7 Å². The molecular weight excluding hydrogens is 321 g/mol. The number of aldehydes is 1. The molecule has 1 aromatic rings. The van der Waals surface area contributed by atoms with Crippen molar-refractivity contribution in [2.75, 3.05) is 7.11 Å². The Kier molecular flexibility index (Phi) is 3.88. The van der Waals surface area contributed by atoms with E-state index >= 15 is 0 Å². The van der Waals surface area contributed by atoms with Crippen molar-refractivity contribution in [2.24, 2.45) is 0 Å². The van der Waals surface area contributed by atoms with Crippen molar-refractivity contribution in [3.8, 4) is 5.88 Å². The number of hydrogen-bond donors (Lipinski definition) is 0. The Morgan fingerprint density at radius 2 is 2.07 bits per heavy atom. The summed E-state index contributed by atoms with van der Waals surface area (Å²) in [6.45, 7) is 6.64. The highest BCUT2D eigenvalue weighted by molar-refractivity contribution is 14.1. The fourth-order valence-corrected chi connectivity index (χ4v) is 3.11. The number of carbonyl (C=O) groups is 1. The molecular formula is C10H14INO2Si. The Balaban J connectivity index is 3.38. The molecule has 0 N–H and O–H groups in total. The lowest BCUT2D eigenvalue weighted by Crippen LogP contribution is -2.40. The van der Waals surface area contributed by atoms with E-state index in [4.69, 9.17) is 4.74 Å². The summed E-state index contributed by atoms with van der Waals surface area (Å²) in [4.78, 5) is 15.3. The number of methoxy groups -OCH3 is 1. The van der Waals surface area contributed by atoms with Gasteiger partial charge in [0.15, 0.2) is 6.29 Å². The third kappa shape index (κ3) is 2.78. The van der Waals surface area contributed by atoms with Gasteiger partial charge in [-0.1, -0.05) is 19.6 Å². The van der Waals surface area contributed by atoms with Crippen LogP contribution in [0, 0.1) is 3.57 Å². The maximum atomic E-state index is 10.9. The summed E-state index contributed by atoms with van der Waals surface area (Å²) in [6, 6.07) is 1.99. The van der Waals surface area contributed by atoms with Crippen LogP contribution in [0.1, 0.15) is 10.4 Å². The summed E-state index contributed by atoms with van der Waals surface area (Å²) in [5.74, 6) is 0.439. The lowest BCUT2D eigenvalue weighted by Gasteiger charge is -2.17. The van der Waals surface area contributed by atoms with E-state index in [1.54, 1.807) is 7.11 Å². The maximum Gasteiger partial charge on any atom is 0.224 e. The van der Waals surface area contributed by atoms with Crippen molar-refractivity contribution in [3.63, 3.8) is 0 Å². The maximum absolute atomic E-state index is 10.9. The predicted octanol–water partition coefficient (Wildman–Crippen LogP) is 2.05. The quantitative estimate of drug-likeness (QED) is 0.482. The first-order valence-corrected chi connectivity index (χ1v) is 9.18. The Hall–Kier alpha value is -0.433. The first kappa shape index (κ1) is 12.6. The van der Waals surface area contributed by atoms with E-state index in [1.807, 2.05) is 6.07 Å². The van der Waals surface area contributed by atoms with Crippen LogP contribution in [0.25, 0.3) is 0 Å².